The number of nitrogens with two attached hydrogens (primary N) is 1. The number of esters is 1. The highest BCUT2D eigenvalue weighted by Gasteiger charge is 2.30. The van der Waals surface area contributed by atoms with Crippen molar-refractivity contribution in [3.63, 3.8) is 0 Å². The molecule has 0 radical (unpaired) electrons. The predicted molar refractivity (Wildman–Crippen MR) is 126 cm³/mol. The quantitative estimate of drug-likeness (QED) is 0.171. The Balaban J connectivity index is 1.76. The molecule has 0 aromatic carbocycles. The zero-order valence-corrected chi connectivity index (χ0v) is 19.8. The monoisotopic (exact) mass is 461 g/mol. The molecule has 0 bridgehead atoms. The van der Waals surface area contributed by atoms with Crippen molar-refractivity contribution in [2.75, 3.05) is 19.5 Å². The van der Waals surface area contributed by atoms with E-state index in [1.165, 1.54) is 52.0 Å². The van der Waals surface area contributed by atoms with E-state index >= 15 is 0 Å². The van der Waals surface area contributed by atoms with E-state index in [1.807, 2.05) is 0 Å². The molecule has 33 heavy (non-hydrogen) atoms. The second kappa shape index (κ2) is 13.7. The summed E-state index contributed by atoms with van der Waals surface area (Å²) in [7, 11) is 1.47. The van der Waals surface area contributed by atoms with Gasteiger partial charge in [-0.3, -0.25) is 4.79 Å². The summed E-state index contributed by atoms with van der Waals surface area (Å²) >= 11 is 0. The number of hydrogen-bond acceptors (Lipinski definition) is 7. The smallest absolute Gasteiger partial charge is 0.312 e. The van der Waals surface area contributed by atoms with Crippen LogP contribution in [0.3, 0.4) is 0 Å². The van der Waals surface area contributed by atoms with Crippen LogP contribution in [0.4, 0.5) is 10.2 Å². The molecule has 2 N–H and O–H groups in total. The number of aryl methyl sites for hydroxylation is 1. The maximum Gasteiger partial charge on any atom is 0.312 e. The summed E-state index contributed by atoms with van der Waals surface area (Å²) < 4.78 is 26.1. The number of hydrogen-bond donors (Lipinski definition) is 1. The SMILES string of the molecule is C#CC(CCn1cnc2c(N)nc(F)nc21)(COC(=O)CCCCCCCCCCC)OC. The predicted octanol–water partition coefficient (Wildman–Crippen LogP) is 4.42. The molecule has 2 rings (SSSR count). The number of anilines is 1. The van der Waals surface area contributed by atoms with Crippen LogP contribution in [0.2, 0.25) is 0 Å². The first-order valence-corrected chi connectivity index (χ1v) is 11.8. The fourth-order valence-corrected chi connectivity index (χ4v) is 3.66. The Morgan fingerprint density at radius 3 is 2.48 bits per heavy atom. The standard InChI is InChI=1S/C24H36FN5O3/c1-4-6-7-8-9-10-11-12-13-14-19(31)33-17-24(5-2,32-3)15-16-30-18-27-20-21(26)28-23(25)29-22(20)30/h2,18H,4,6-17H2,1,3H3,(H2,26,28,29). The van der Waals surface area contributed by atoms with Crippen LogP contribution < -0.4 is 5.73 Å². The summed E-state index contributed by atoms with van der Waals surface area (Å²) in [6, 6.07) is 0. The van der Waals surface area contributed by atoms with Crippen molar-refractivity contribution in [3.8, 4) is 12.3 Å². The van der Waals surface area contributed by atoms with Crippen LogP contribution in [-0.2, 0) is 20.8 Å². The van der Waals surface area contributed by atoms with Gasteiger partial charge in [0.05, 0.1) is 6.33 Å². The van der Waals surface area contributed by atoms with Crippen molar-refractivity contribution < 1.29 is 18.7 Å². The maximum absolute atomic E-state index is 13.5. The van der Waals surface area contributed by atoms with Gasteiger partial charge in [-0.25, -0.2) is 4.98 Å². The first-order valence-electron chi connectivity index (χ1n) is 11.8. The summed E-state index contributed by atoms with van der Waals surface area (Å²) in [5.41, 5.74) is 5.17. The number of carbonyl (C=O) groups is 1. The minimum Gasteiger partial charge on any atom is -0.462 e. The third-order valence-electron chi connectivity index (χ3n) is 5.82. The van der Waals surface area contributed by atoms with Crippen molar-refractivity contribution in [2.24, 2.45) is 0 Å². The average Bonchev–Trinajstić information content (AvgIpc) is 3.21. The Labute approximate surface area is 195 Å². The Morgan fingerprint density at radius 1 is 1.18 bits per heavy atom. The molecule has 0 aliphatic carbocycles. The van der Waals surface area contributed by atoms with Gasteiger partial charge < -0.3 is 19.8 Å². The molecule has 0 aliphatic rings. The van der Waals surface area contributed by atoms with Crippen LogP contribution in [0.15, 0.2) is 6.33 Å². The van der Waals surface area contributed by atoms with Crippen LogP contribution in [0.25, 0.3) is 11.2 Å². The summed E-state index contributed by atoms with van der Waals surface area (Å²) in [6.45, 7) is 2.48. The van der Waals surface area contributed by atoms with E-state index in [1.54, 1.807) is 4.57 Å². The van der Waals surface area contributed by atoms with Crippen LogP contribution >= 0.6 is 0 Å². The number of halogens is 1. The van der Waals surface area contributed by atoms with Crippen LogP contribution in [-0.4, -0.2) is 44.8 Å². The Bertz CT molecular complexity index is 927. The number of nitrogens with zero attached hydrogens (tertiary/aromatic N) is 4. The summed E-state index contributed by atoms with van der Waals surface area (Å²) in [4.78, 5) is 23.5. The molecule has 8 nitrogen and oxygen atoms in total. The highest BCUT2D eigenvalue weighted by atomic mass is 19.1. The highest BCUT2D eigenvalue weighted by molar-refractivity contribution is 5.81. The zero-order chi connectivity index (χ0) is 24.1. The number of nitrogen functional groups attached to an aromatic ring is 1. The molecule has 2 heterocycles. The van der Waals surface area contributed by atoms with Crippen molar-refractivity contribution in [2.45, 2.75) is 89.7 Å². The normalized spacial score (nSPS) is 13.0. The lowest BCUT2D eigenvalue weighted by atomic mass is 10.0. The number of ether oxygens (including phenoxy) is 2. The Morgan fingerprint density at radius 2 is 1.85 bits per heavy atom. The lowest BCUT2D eigenvalue weighted by molar-refractivity contribution is -0.150. The number of rotatable bonds is 16. The topological polar surface area (TPSA) is 105 Å². The van der Waals surface area contributed by atoms with E-state index in [0.29, 0.717) is 24.9 Å². The van der Waals surface area contributed by atoms with Crippen LogP contribution in [0.1, 0.15) is 77.6 Å². The van der Waals surface area contributed by atoms with Crippen LogP contribution in [0.5, 0.6) is 0 Å². The number of aromatic nitrogens is 4. The van der Waals surface area contributed by atoms with Crippen molar-refractivity contribution in [1.29, 1.82) is 0 Å². The molecular formula is C24H36FN5O3. The van der Waals surface area contributed by atoms with E-state index in [4.69, 9.17) is 21.6 Å². The Hall–Kier alpha value is -2.73. The maximum atomic E-state index is 13.5. The first-order chi connectivity index (χ1) is 15.9. The lowest BCUT2D eigenvalue weighted by Gasteiger charge is -2.26. The molecule has 1 unspecified atom stereocenters. The molecule has 182 valence electrons. The zero-order valence-electron chi connectivity index (χ0n) is 19.8. The summed E-state index contributed by atoms with van der Waals surface area (Å²) in [6.07, 6.45) is 17.6. The van der Waals surface area contributed by atoms with Gasteiger partial charge in [-0.15, -0.1) is 6.42 Å². The van der Waals surface area contributed by atoms with Gasteiger partial charge >= 0.3 is 12.0 Å². The van der Waals surface area contributed by atoms with Gasteiger partial charge in [-0.2, -0.15) is 14.4 Å². The van der Waals surface area contributed by atoms with Gasteiger partial charge in [0.15, 0.2) is 17.1 Å². The molecule has 0 fully saturated rings. The van der Waals surface area contributed by atoms with Crippen molar-refractivity contribution in [1.82, 2.24) is 19.5 Å². The summed E-state index contributed by atoms with van der Waals surface area (Å²) in [5, 5.41) is 0. The van der Waals surface area contributed by atoms with Gasteiger partial charge in [0, 0.05) is 26.5 Å². The van der Waals surface area contributed by atoms with Crippen molar-refractivity contribution in [3.05, 3.63) is 12.4 Å². The van der Waals surface area contributed by atoms with Crippen molar-refractivity contribution >= 4 is 23.0 Å². The van der Waals surface area contributed by atoms with Gasteiger partial charge in [0.1, 0.15) is 12.1 Å². The molecule has 1 atom stereocenters. The molecule has 0 aliphatic heterocycles. The fourth-order valence-electron chi connectivity index (χ4n) is 3.66. The average molecular weight is 462 g/mol. The van der Waals surface area contributed by atoms with Gasteiger partial charge in [0.2, 0.25) is 0 Å². The van der Waals surface area contributed by atoms with Gasteiger partial charge in [-0.1, -0.05) is 64.2 Å². The number of terminal acetylenes is 1. The molecule has 0 saturated heterocycles. The van der Waals surface area contributed by atoms with Gasteiger partial charge in [0.25, 0.3) is 0 Å². The van der Waals surface area contributed by atoms with Gasteiger partial charge in [-0.05, 0) is 6.42 Å². The number of methoxy groups -OCH3 is 1. The lowest BCUT2D eigenvalue weighted by Crippen LogP contribution is -2.37. The molecule has 0 amide bonds. The molecular weight excluding hydrogens is 425 g/mol. The Kier molecular flexibility index (Phi) is 11.0. The molecule has 0 spiro atoms. The highest BCUT2D eigenvalue weighted by Crippen LogP contribution is 2.21. The summed E-state index contributed by atoms with van der Waals surface area (Å²) in [5.74, 6) is 2.28. The van der Waals surface area contributed by atoms with E-state index in [9.17, 15) is 9.18 Å². The fraction of sp³-hybridized carbons (Fsp3) is 0.667. The van der Waals surface area contributed by atoms with E-state index in [-0.39, 0.29) is 24.0 Å². The largest absolute Gasteiger partial charge is 0.462 e. The minimum absolute atomic E-state index is 0.0309. The second-order valence-electron chi connectivity index (χ2n) is 8.32. The number of carbonyl (C=O) groups excluding carboxylic acids is 1. The number of imidazole rings is 1. The van der Waals surface area contributed by atoms with Crippen LogP contribution in [0, 0.1) is 18.4 Å². The number of fused-ring (bicyclic) bond motifs is 1. The molecule has 2 aromatic heterocycles. The minimum atomic E-state index is -1.11. The molecule has 0 saturated carbocycles. The van der Waals surface area contributed by atoms with E-state index < -0.39 is 11.7 Å². The second-order valence-corrected chi connectivity index (χ2v) is 8.32. The third kappa shape index (κ3) is 8.28. The third-order valence-corrected chi connectivity index (χ3v) is 5.82. The first kappa shape index (κ1) is 26.5. The molecule has 2 aromatic rings. The number of unbranched alkanes of at least 4 members (excludes halogenated alkanes) is 8. The van der Waals surface area contributed by atoms with E-state index in [0.717, 1.165) is 19.3 Å². The van der Waals surface area contributed by atoms with E-state index in [2.05, 4.69) is 27.8 Å². The molecule has 9 heteroatoms.